The van der Waals surface area contributed by atoms with E-state index in [2.05, 4.69) is 21.6 Å². The van der Waals surface area contributed by atoms with Gasteiger partial charge >= 0.3 is 0 Å². The van der Waals surface area contributed by atoms with Gasteiger partial charge in [0.05, 0.1) is 15.9 Å². The van der Waals surface area contributed by atoms with Crippen molar-refractivity contribution in [2.45, 2.75) is 30.8 Å². The van der Waals surface area contributed by atoms with Crippen LogP contribution in [0.15, 0.2) is 78.0 Å². The summed E-state index contributed by atoms with van der Waals surface area (Å²) in [5, 5.41) is 34.1. The lowest BCUT2D eigenvalue weighted by atomic mass is 10.2. The van der Waals surface area contributed by atoms with Gasteiger partial charge in [-0.15, -0.1) is 10.2 Å². The third-order valence-electron chi connectivity index (χ3n) is 5.50. The first-order valence-electron chi connectivity index (χ1n) is 11.2. The van der Waals surface area contributed by atoms with Crippen LogP contribution in [0.1, 0.15) is 40.3 Å². The van der Waals surface area contributed by atoms with Gasteiger partial charge in [0.2, 0.25) is 0 Å². The smallest absolute Gasteiger partial charge is 0.269 e. The fourth-order valence-corrected chi connectivity index (χ4v) is 4.55. The van der Waals surface area contributed by atoms with Gasteiger partial charge in [-0.3, -0.25) is 29.6 Å². The number of hydrogen-bond acceptors (Lipinski definition) is 8. The van der Waals surface area contributed by atoms with Crippen molar-refractivity contribution in [1.29, 1.82) is 0 Å². The van der Waals surface area contributed by atoms with Gasteiger partial charge in [0.1, 0.15) is 0 Å². The third-order valence-corrected chi connectivity index (χ3v) is 6.50. The first-order valence-corrected chi connectivity index (χ1v) is 12.2. The molecule has 1 unspecified atom stereocenters. The third kappa shape index (κ3) is 5.98. The summed E-state index contributed by atoms with van der Waals surface area (Å²) in [7, 11) is 0. The molecule has 1 N–H and O–H groups in total. The molecule has 4 rings (SSSR count). The number of benzene rings is 3. The molecule has 188 valence electrons. The van der Waals surface area contributed by atoms with Crippen molar-refractivity contribution in [3.05, 3.63) is 116 Å². The largest absolute Gasteiger partial charge is 0.342 e. The zero-order valence-corrected chi connectivity index (χ0v) is 20.7. The minimum Gasteiger partial charge on any atom is -0.342 e. The summed E-state index contributed by atoms with van der Waals surface area (Å²) in [5.74, 6) is 0.613. The van der Waals surface area contributed by atoms with E-state index in [1.807, 2.05) is 25.1 Å². The van der Waals surface area contributed by atoms with E-state index in [1.54, 1.807) is 23.6 Å². The molecule has 4 aromatic rings. The molecule has 0 radical (unpaired) electrons. The van der Waals surface area contributed by atoms with Crippen molar-refractivity contribution in [2.75, 3.05) is 0 Å². The Kier molecular flexibility index (Phi) is 7.58. The SMILES string of the molecule is Cc1cccc(CSc2nnc(C(C)NC(=O)c3ccc([N+](=O)[O-])cc3)n2-c2ccc([N+](=O)[O-])cc2)c1. The van der Waals surface area contributed by atoms with Gasteiger partial charge in [-0.1, -0.05) is 41.6 Å². The van der Waals surface area contributed by atoms with Crippen molar-refractivity contribution in [2.24, 2.45) is 0 Å². The van der Waals surface area contributed by atoms with Crippen LogP contribution in [0, 0.1) is 27.2 Å². The Morgan fingerprint density at radius 2 is 1.59 bits per heavy atom. The zero-order valence-electron chi connectivity index (χ0n) is 19.9. The van der Waals surface area contributed by atoms with Gasteiger partial charge in [-0.05, 0) is 43.7 Å². The Morgan fingerprint density at radius 1 is 0.973 bits per heavy atom. The number of hydrogen-bond donors (Lipinski definition) is 1. The molecule has 3 aromatic carbocycles. The Bertz CT molecular complexity index is 1450. The molecule has 11 nitrogen and oxygen atoms in total. The number of non-ortho nitro benzene ring substituents is 2. The number of nitro groups is 2. The van der Waals surface area contributed by atoms with E-state index in [1.165, 1.54) is 48.2 Å². The van der Waals surface area contributed by atoms with Crippen LogP contribution in [0.5, 0.6) is 0 Å². The summed E-state index contributed by atoms with van der Waals surface area (Å²) in [4.78, 5) is 33.8. The molecular formula is C25H22N6O5S. The van der Waals surface area contributed by atoms with Crippen LogP contribution in [0.25, 0.3) is 5.69 Å². The van der Waals surface area contributed by atoms with Gasteiger partial charge in [-0.2, -0.15) is 0 Å². The molecule has 0 bridgehead atoms. The predicted molar refractivity (Wildman–Crippen MR) is 138 cm³/mol. The number of nitro benzene ring substituents is 2. The van der Waals surface area contributed by atoms with Crippen LogP contribution in [0.2, 0.25) is 0 Å². The lowest BCUT2D eigenvalue weighted by molar-refractivity contribution is -0.385. The minimum absolute atomic E-state index is 0.0492. The highest BCUT2D eigenvalue weighted by molar-refractivity contribution is 7.98. The van der Waals surface area contributed by atoms with E-state index in [9.17, 15) is 25.0 Å². The number of aryl methyl sites for hydroxylation is 1. The van der Waals surface area contributed by atoms with Gasteiger partial charge in [0.25, 0.3) is 17.3 Å². The molecule has 0 aliphatic heterocycles. The minimum atomic E-state index is -0.598. The van der Waals surface area contributed by atoms with E-state index in [0.717, 1.165) is 11.1 Å². The van der Waals surface area contributed by atoms with Crippen molar-refractivity contribution in [3.63, 3.8) is 0 Å². The standard InChI is InChI=1S/C25H22N6O5S/c1-16-4-3-5-18(14-16)15-37-25-28-27-23(29(25)20-10-12-22(13-11-20)31(35)36)17(2)26-24(32)19-6-8-21(9-7-19)30(33)34/h3-14,17H,15H2,1-2H3,(H,26,32). The predicted octanol–water partition coefficient (Wildman–Crippen LogP) is 5.18. The number of carbonyl (C=O) groups excluding carboxylic acids is 1. The normalized spacial score (nSPS) is 11.6. The number of nitrogens with zero attached hydrogens (tertiary/aromatic N) is 5. The van der Waals surface area contributed by atoms with Crippen molar-refractivity contribution >= 4 is 29.0 Å². The van der Waals surface area contributed by atoms with Gasteiger partial charge < -0.3 is 5.32 Å². The number of carbonyl (C=O) groups is 1. The highest BCUT2D eigenvalue weighted by Gasteiger charge is 2.22. The summed E-state index contributed by atoms with van der Waals surface area (Å²) < 4.78 is 1.75. The number of amides is 1. The molecule has 1 heterocycles. The molecule has 0 aliphatic carbocycles. The highest BCUT2D eigenvalue weighted by Crippen LogP contribution is 2.29. The van der Waals surface area contributed by atoms with E-state index < -0.39 is 21.8 Å². The van der Waals surface area contributed by atoms with Crippen LogP contribution in [-0.2, 0) is 5.75 Å². The number of thioether (sulfide) groups is 1. The molecule has 12 heteroatoms. The highest BCUT2D eigenvalue weighted by atomic mass is 32.2. The Balaban J connectivity index is 1.62. The lowest BCUT2D eigenvalue weighted by Gasteiger charge is -2.16. The second-order valence-corrected chi connectivity index (χ2v) is 9.17. The zero-order chi connectivity index (χ0) is 26.5. The Labute approximate surface area is 215 Å². The molecule has 0 saturated heterocycles. The maximum Gasteiger partial charge on any atom is 0.269 e. The monoisotopic (exact) mass is 518 g/mol. The Morgan fingerprint density at radius 3 is 2.19 bits per heavy atom. The second kappa shape index (κ2) is 11.0. The number of aromatic nitrogens is 3. The van der Waals surface area contributed by atoms with E-state index in [4.69, 9.17) is 0 Å². The average Bonchev–Trinajstić information content (AvgIpc) is 3.31. The van der Waals surface area contributed by atoms with E-state index in [0.29, 0.717) is 22.4 Å². The van der Waals surface area contributed by atoms with Gasteiger partial charge in [0.15, 0.2) is 11.0 Å². The van der Waals surface area contributed by atoms with Crippen molar-refractivity contribution in [1.82, 2.24) is 20.1 Å². The molecule has 0 fully saturated rings. The first kappa shape index (κ1) is 25.5. The fourth-order valence-electron chi connectivity index (χ4n) is 3.65. The summed E-state index contributed by atoms with van der Waals surface area (Å²) in [6, 6.07) is 18.8. The Hall–Kier alpha value is -4.58. The molecule has 1 atom stereocenters. The van der Waals surface area contributed by atoms with Crippen LogP contribution in [0.4, 0.5) is 11.4 Å². The summed E-state index contributed by atoms with van der Waals surface area (Å²) in [6.45, 7) is 3.76. The summed E-state index contributed by atoms with van der Waals surface area (Å²) in [5.41, 5.74) is 2.94. The maximum atomic E-state index is 12.8. The molecule has 1 amide bonds. The van der Waals surface area contributed by atoms with Crippen LogP contribution in [0.3, 0.4) is 0 Å². The van der Waals surface area contributed by atoms with E-state index >= 15 is 0 Å². The van der Waals surface area contributed by atoms with Crippen LogP contribution in [-0.4, -0.2) is 30.5 Å². The second-order valence-electron chi connectivity index (χ2n) is 8.23. The lowest BCUT2D eigenvalue weighted by Crippen LogP contribution is -2.28. The van der Waals surface area contributed by atoms with Gasteiger partial charge in [-0.25, -0.2) is 0 Å². The summed E-state index contributed by atoms with van der Waals surface area (Å²) in [6.07, 6.45) is 0. The molecule has 0 spiro atoms. The molecule has 37 heavy (non-hydrogen) atoms. The summed E-state index contributed by atoms with van der Waals surface area (Å²) >= 11 is 1.45. The van der Waals surface area contributed by atoms with Gasteiger partial charge in [0, 0.05) is 41.3 Å². The molecule has 0 aliphatic rings. The molecule has 0 saturated carbocycles. The average molecular weight is 519 g/mol. The number of nitrogens with one attached hydrogen (secondary N) is 1. The first-order chi connectivity index (χ1) is 17.7. The maximum absolute atomic E-state index is 12.8. The van der Waals surface area contributed by atoms with Crippen molar-refractivity contribution < 1.29 is 14.6 Å². The van der Waals surface area contributed by atoms with Crippen LogP contribution < -0.4 is 5.32 Å². The van der Waals surface area contributed by atoms with Crippen LogP contribution >= 0.6 is 11.8 Å². The topological polar surface area (TPSA) is 146 Å². The number of rotatable bonds is 9. The fraction of sp³-hybridized carbons (Fsp3) is 0.160. The molecule has 1 aromatic heterocycles. The quantitative estimate of drug-likeness (QED) is 0.181. The van der Waals surface area contributed by atoms with E-state index in [-0.39, 0.29) is 16.9 Å². The molecular weight excluding hydrogens is 496 g/mol. The van der Waals surface area contributed by atoms with Crippen molar-refractivity contribution in [3.8, 4) is 5.69 Å².